The van der Waals surface area contributed by atoms with Crippen LogP contribution in [0.1, 0.15) is 27.1 Å². The molecular formula is C19H19F2N3O3. The summed E-state index contributed by atoms with van der Waals surface area (Å²) in [4.78, 5) is 31.8. The molecule has 1 saturated heterocycles. The number of aromatic nitrogens is 1. The lowest BCUT2D eigenvalue weighted by atomic mass is 10.2. The quantitative estimate of drug-likeness (QED) is 0.823. The molecule has 1 aromatic carbocycles. The molecule has 8 heteroatoms. The molecular weight excluding hydrogens is 356 g/mol. The molecule has 27 heavy (non-hydrogen) atoms. The Balaban J connectivity index is 1.69. The third kappa shape index (κ3) is 4.05. The Bertz CT molecular complexity index is 873. The van der Waals surface area contributed by atoms with Crippen LogP contribution < -0.4 is 4.74 Å². The molecule has 0 spiro atoms. The number of rotatable bonds is 4. The molecule has 0 saturated carbocycles. The lowest BCUT2D eigenvalue weighted by Crippen LogP contribution is -2.31. The van der Waals surface area contributed by atoms with E-state index in [4.69, 9.17) is 4.74 Å². The van der Waals surface area contributed by atoms with Gasteiger partial charge in [0.1, 0.15) is 11.7 Å². The summed E-state index contributed by atoms with van der Waals surface area (Å²) < 4.78 is 32.3. The molecule has 6 nitrogen and oxygen atoms in total. The van der Waals surface area contributed by atoms with Gasteiger partial charge in [0.05, 0.1) is 6.54 Å². The maximum atomic E-state index is 13.4. The number of amides is 2. The second-order valence-corrected chi connectivity index (χ2v) is 6.46. The first-order valence-electron chi connectivity index (χ1n) is 8.44. The monoisotopic (exact) mass is 375 g/mol. The fraction of sp³-hybridized carbons (Fsp3) is 0.316. The van der Waals surface area contributed by atoms with Gasteiger partial charge in [-0.05, 0) is 30.3 Å². The number of nitrogens with zero attached hydrogens (tertiary/aromatic N) is 3. The first-order chi connectivity index (χ1) is 12.9. The molecule has 2 heterocycles. The zero-order chi connectivity index (χ0) is 19.6. The fourth-order valence-electron chi connectivity index (χ4n) is 2.87. The number of benzene rings is 1. The molecule has 0 aliphatic carbocycles. The minimum absolute atomic E-state index is 0.0795. The van der Waals surface area contributed by atoms with Gasteiger partial charge < -0.3 is 14.5 Å². The van der Waals surface area contributed by atoms with Crippen LogP contribution in [0.3, 0.4) is 0 Å². The van der Waals surface area contributed by atoms with Crippen molar-refractivity contribution in [1.29, 1.82) is 0 Å². The maximum absolute atomic E-state index is 13.4. The van der Waals surface area contributed by atoms with E-state index in [-0.39, 0.29) is 30.0 Å². The number of hydrogen-bond acceptors (Lipinski definition) is 4. The van der Waals surface area contributed by atoms with E-state index in [2.05, 4.69) is 4.98 Å². The Labute approximate surface area is 155 Å². The normalized spacial score (nSPS) is 16.3. The Morgan fingerprint density at radius 3 is 2.70 bits per heavy atom. The molecule has 1 unspecified atom stereocenters. The van der Waals surface area contributed by atoms with Crippen LogP contribution in [0.5, 0.6) is 5.88 Å². The lowest BCUT2D eigenvalue weighted by molar-refractivity contribution is 0.0762. The first kappa shape index (κ1) is 18.8. The van der Waals surface area contributed by atoms with Crippen molar-refractivity contribution >= 4 is 11.8 Å². The Kier molecular flexibility index (Phi) is 5.34. The van der Waals surface area contributed by atoms with E-state index in [1.807, 2.05) is 0 Å². The van der Waals surface area contributed by atoms with Gasteiger partial charge in [-0.25, -0.2) is 13.8 Å². The van der Waals surface area contributed by atoms with Gasteiger partial charge in [0, 0.05) is 38.8 Å². The van der Waals surface area contributed by atoms with Crippen LogP contribution in [-0.2, 0) is 0 Å². The summed E-state index contributed by atoms with van der Waals surface area (Å²) >= 11 is 0. The van der Waals surface area contributed by atoms with Crippen LogP contribution in [-0.4, -0.2) is 59.9 Å². The summed E-state index contributed by atoms with van der Waals surface area (Å²) in [5.74, 6) is -2.48. The van der Waals surface area contributed by atoms with Gasteiger partial charge >= 0.3 is 0 Å². The Morgan fingerprint density at radius 1 is 1.22 bits per heavy atom. The minimum atomic E-state index is -1.06. The van der Waals surface area contributed by atoms with Crippen molar-refractivity contribution in [1.82, 2.24) is 14.8 Å². The van der Waals surface area contributed by atoms with Crippen LogP contribution in [0.4, 0.5) is 8.78 Å². The van der Waals surface area contributed by atoms with Crippen LogP contribution in [0, 0.1) is 11.6 Å². The highest BCUT2D eigenvalue weighted by atomic mass is 19.2. The van der Waals surface area contributed by atoms with Gasteiger partial charge in [0.2, 0.25) is 5.88 Å². The molecule has 1 fully saturated rings. The number of hydrogen-bond donors (Lipinski definition) is 0. The van der Waals surface area contributed by atoms with E-state index in [9.17, 15) is 18.4 Å². The van der Waals surface area contributed by atoms with Crippen LogP contribution in [0.25, 0.3) is 0 Å². The molecule has 142 valence electrons. The molecule has 1 aliphatic rings. The van der Waals surface area contributed by atoms with Crippen molar-refractivity contribution in [2.45, 2.75) is 12.5 Å². The van der Waals surface area contributed by atoms with Crippen molar-refractivity contribution in [2.75, 3.05) is 27.2 Å². The summed E-state index contributed by atoms with van der Waals surface area (Å²) in [5.41, 5.74) is 0.420. The van der Waals surface area contributed by atoms with Gasteiger partial charge in [0.25, 0.3) is 11.8 Å². The molecule has 1 atom stereocenters. The lowest BCUT2D eigenvalue weighted by Gasteiger charge is -2.19. The van der Waals surface area contributed by atoms with Crippen LogP contribution >= 0.6 is 0 Å². The van der Waals surface area contributed by atoms with Crippen molar-refractivity contribution < 1.29 is 23.1 Å². The van der Waals surface area contributed by atoms with Crippen molar-refractivity contribution in [2.24, 2.45) is 0 Å². The number of ether oxygens (including phenoxy) is 1. The van der Waals surface area contributed by atoms with Gasteiger partial charge in [-0.3, -0.25) is 9.59 Å². The van der Waals surface area contributed by atoms with Crippen molar-refractivity contribution in [3.05, 3.63) is 59.3 Å². The zero-order valence-corrected chi connectivity index (χ0v) is 15.0. The average Bonchev–Trinajstić information content (AvgIpc) is 3.11. The van der Waals surface area contributed by atoms with E-state index in [1.165, 1.54) is 22.1 Å². The molecule has 1 aromatic heterocycles. The van der Waals surface area contributed by atoms with E-state index in [1.54, 1.807) is 26.2 Å². The number of likely N-dealkylation sites (tertiary alicyclic amines) is 1. The second kappa shape index (κ2) is 7.69. The number of pyridine rings is 1. The predicted molar refractivity (Wildman–Crippen MR) is 93.5 cm³/mol. The molecule has 0 radical (unpaired) electrons. The third-order valence-electron chi connectivity index (χ3n) is 4.28. The second-order valence-electron chi connectivity index (χ2n) is 6.46. The molecule has 3 rings (SSSR count). The summed E-state index contributed by atoms with van der Waals surface area (Å²) in [7, 11) is 3.27. The first-order valence-corrected chi connectivity index (χ1v) is 8.44. The molecule has 2 aromatic rings. The number of carbonyl (C=O) groups excluding carboxylic acids is 2. The SMILES string of the molecule is CN(C)C(=O)c1cccnc1OC1CCN(C(=O)c2ccc(F)c(F)c2)C1. The summed E-state index contributed by atoms with van der Waals surface area (Å²) in [5, 5.41) is 0. The van der Waals surface area contributed by atoms with E-state index < -0.39 is 17.5 Å². The molecule has 0 bridgehead atoms. The van der Waals surface area contributed by atoms with Gasteiger partial charge in [0.15, 0.2) is 11.6 Å². The predicted octanol–water partition coefficient (Wildman–Crippen LogP) is 2.36. The zero-order valence-electron chi connectivity index (χ0n) is 15.0. The van der Waals surface area contributed by atoms with E-state index >= 15 is 0 Å². The Morgan fingerprint density at radius 2 is 2.00 bits per heavy atom. The number of halogens is 2. The number of carbonyl (C=O) groups is 2. The Hall–Kier alpha value is -3.03. The van der Waals surface area contributed by atoms with Gasteiger partial charge in [-0.15, -0.1) is 0 Å². The highest BCUT2D eigenvalue weighted by Gasteiger charge is 2.30. The highest BCUT2D eigenvalue weighted by molar-refractivity contribution is 5.96. The summed E-state index contributed by atoms with van der Waals surface area (Å²) in [6, 6.07) is 6.35. The van der Waals surface area contributed by atoms with E-state index in [0.717, 1.165) is 12.1 Å². The minimum Gasteiger partial charge on any atom is -0.472 e. The van der Waals surface area contributed by atoms with Crippen LogP contribution in [0.2, 0.25) is 0 Å². The fourth-order valence-corrected chi connectivity index (χ4v) is 2.87. The van der Waals surface area contributed by atoms with E-state index in [0.29, 0.717) is 18.5 Å². The molecule has 1 aliphatic heterocycles. The average molecular weight is 375 g/mol. The third-order valence-corrected chi connectivity index (χ3v) is 4.28. The van der Waals surface area contributed by atoms with Crippen molar-refractivity contribution in [3.8, 4) is 5.88 Å². The highest BCUT2D eigenvalue weighted by Crippen LogP contribution is 2.22. The summed E-state index contributed by atoms with van der Waals surface area (Å²) in [6.07, 6.45) is 1.73. The van der Waals surface area contributed by atoms with Gasteiger partial charge in [-0.2, -0.15) is 0 Å². The summed E-state index contributed by atoms with van der Waals surface area (Å²) in [6.45, 7) is 0.677. The standard InChI is InChI=1S/C19H19F2N3O3/c1-23(2)19(26)14-4-3-8-22-17(14)27-13-7-9-24(11-13)18(25)12-5-6-15(20)16(21)10-12/h3-6,8,10,13H,7,9,11H2,1-2H3. The molecule has 2 amide bonds. The topological polar surface area (TPSA) is 62.7 Å². The molecule has 0 N–H and O–H groups in total. The van der Waals surface area contributed by atoms with Gasteiger partial charge in [-0.1, -0.05) is 0 Å². The van der Waals surface area contributed by atoms with Crippen molar-refractivity contribution in [3.63, 3.8) is 0 Å². The van der Waals surface area contributed by atoms with Crippen LogP contribution in [0.15, 0.2) is 36.5 Å². The smallest absolute Gasteiger partial charge is 0.258 e. The largest absolute Gasteiger partial charge is 0.472 e. The maximum Gasteiger partial charge on any atom is 0.258 e.